The van der Waals surface area contributed by atoms with Crippen LogP contribution in [-0.2, 0) is 13.1 Å². The normalized spacial score (nSPS) is 10.7. The van der Waals surface area contributed by atoms with E-state index in [1.54, 1.807) is 36.4 Å². The van der Waals surface area contributed by atoms with Crippen LogP contribution in [0.2, 0.25) is 0 Å². The lowest BCUT2D eigenvalue weighted by Crippen LogP contribution is -2.34. The Hall–Kier alpha value is -3.55. The van der Waals surface area contributed by atoms with E-state index < -0.39 is 12.6 Å². The largest absolute Gasteiger partial charge is 0.508 e. The summed E-state index contributed by atoms with van der Waals surface area (Å²) in [5, 5.41) is 12.7. The monoisotopic (exact) mass is 388 g/mol. The molecule has 0 fully saturated rings. The van der Waals surface area contributed by atoms with Gasteiger partial charge in [-0.2, -0.15) is 8.78 Å². The second-order valence-corrected chi connectivity index (χ2v) is 5.90. The summed E-state index contributed by atoms with van der Waals surface area (Å²) in [7, 11) is 0. The third-order valence-corrected chi connectivity index (χ3v) is 3.90. The molecule has 0 unspecified atom stereocenters. The molecule has 1 heterocycles. The van der Waals surface area contributed by atoms with Gasteiger partial charge in [0.2, 0.25) is 0 Å². The summed E-state index contributed by atoms with van der Waals surface area (Å²) in [5.74, 6) is 0.647. The van der Waals surface area contributed by atoms with Gasteiger partial charge in [-0.05, 0) is 42.5 Å². The highest BCUT2D eigenvalue weighted by molar-refractivity contribution is 5.89. The standard InChI is InChI=1S/C20H18F2N2O4/c21-19(22)28-16-9-7-15(8-10-16)23-20(26)24(13-17-5-3-11-27-17)12-14-4-1-2-6-18(14)25/h1-11,19,25H,12-13H2,(H,23,26). The zero-order chi connectivity index (χ0) is 19.9. The highest BCUT2D eigenvalue weighted by Gasteiger charge is 2.18. The van der Waals surface area contributed by atoms with Crippen LogP contribution < -0.4 is 10.1 Å². The Balaban J connectivity index is 1.73. The molecule has 3 aromatic rings. The molecule has 0 atom stereocenters. The van der Waals surface area contributed by atoms with Crippen LogP contribution in [0.25, 0.3) is 0 Å². The molecular formula is C20H18F2N2O4. The SMILES string of the molecule is O=C(Nc1ccc(OC(F)F)cc1)N(Cc1ccco1)Cc1ccccc1O. The number of carbonyl (C=O) groups excluding carboxylic acids is 1. The van der Waals surface area contributed by atoms with Gasteiger partial charge in [-0.1, -0.05) is 18.2 Å². The number of nitrogens with one attached hydrogen (secondary N) is 1. The minimum Gasteiger partial charge on any atom is -0.508 e. The fourth-order valence-electron chi connectivity index (χ4n) is 2.56. The number of anilines is 1. The molecule has 8 heteroatoms. The molecule has 28 heavy (non-hydrogen) atoms. The van der Waals surface area contributed by atoms with E-state index in [0.717, 1.165) is 0 Å². The average Bonchev–Trinajstić information content (AvgIpc) is 3.17. The van der Waals surface area contributed by atoms with Gasteiger partial charge < -0.3 is 24.5 Å². The minimum atomic E-state index is -2.91. The number of urea groups is 1. The first-order valence-electron chi connectivity index (χ1n) is 8.41. The molecule has 2 N–H and O–H groups in total. The van der Waals surface area contributed by atoms with Crippen molar-refractivity contribution in [3.63, 3.8) is 0 Å². The molecule has 0 aliphatic heterocycles. The summed E-state index contributed by atoms with van der Waals surface area (Å²) in [6.45, 7) is -2.59. The van der Waals surface area contributed by atoms with Gasteiger partial charge in [-0.3, -0.25) is 0 Å². The van der Waals surface area contributed by atoms with Crippen molar-refractivity contribution in [1.82, 2.24) is 4.90 Å². The molecule has 6 nitrogen and oxygen atoms in total. The Labute approximate surface area is 160 Å². The fourth-order valence-corrected chi connectivity index (χ4v) is 2.56. The summed E-state index contributed by atoms with van der Waals surface area (Å²) in [5.41, 5.74) is 0.984. The molecule has 0 aliphatic carbocycles. The topological polar surface area (TPSA) is 74.9 Å². The molecule has 146 valence electrons. The summed E-state index contributed by atoms with van der Waals surface area (Å²) in [6, 6.07) is 15.3. The van der Waals surface area contributed by atoms with Crippen molar-refractivity contribution in [3.05, 3.63) is 78.3 Å². The van der Waals surface area contributed by atoms with Crippen LogP contribution in [0.3, 0.4) is 0 Å². The van der Waals surface area contributed by atoms with Crippen molar-refractivity contribution in [1.29, 1.82) is 0 Å². The molecule has 0 bridgehead atoms. The Kier molecular flexibility index (Phi) is 6.11. The number of nitrogens with zero attached hydrogens (tertiary/aromatic N) is 1. The number of benzene rings is 2. The zero-order valence-electron chi connectivity index (χ0n) is 14.7. The summed E-state index contributed by atoms with van der Waals surface area (Å²) < 4.78 is 34.1. The Morgan fingerprint density at radius 2 is 1.82 bits per heavy atom. The van der Waals surface area contributed by atoms with E-state index in [-0.39, 0.29) is 24.6 Å². The van der Waals surface area contributed by atoms with Gasteiger partial charge in [0.1, 0.15) is 17.3 Å². The Morgan fingerprint density at radius 3 is 2.46 bits per heavy atom. The first-order chi connectivity index (χ1) is 13.5. The van der Waals surface area contributed by atoms with Crippen molar-refractivity contribution < 1.29 is 27.8 Å². The predicted molar refractivity (Wildman–Crippen MR) is 98.2 cm³/mol. The van der Waals surface area contributed by atoms with Crippen LogP contribution in [0.4, 0.5) is 19.3 Å². The molecule has 0 saturated carbocycles. The van der Waals surface area contributed by atoms with Gasteiger partial charge in [0, 0.05) is 11.3 Å². The molecule has 0 radical (unpaired) electrons. The van der Waals surface area contributed by atoms with E-state index >= 15 is 0 Å². The number of ether oxygens (including phenoxy) is 1. The van der Waals surface area contributed by atoms with Crippen LogP contribution in [0.5, 0.6) is 11.5 Å². The van der Waals surface area contributed by atoms with E-state index in [1.165, 1.54) is 35.4 Å². The maximum Gasteiger partial charge on any atom is 0.387 e. The van der Waals surface area contributed by atoms with Gasteiger partial charge in [-0.25, -0.2) is 4.79 Å². The number of hydrogen-bond acceptors (Lipinski definition) is 4. The summed E-state index contributed by atoms with van der Waals surface area (Å²) >= 11 is 0. The lowest BCUT2D eigenvalue weighted by molar-refractivity contribution is -0.0498. The summed E-state index contributed by atoms with van der Waals surface area (Å²) in [6.07, 6.45) is 1.51. The number of phenolic OH excluding ortho intramolecular Hbond substituents is 1. The van der Waals surface area contributed by atoms with Gasteiger partial charge >= 0.3 is 12.6 Å². The molecule has 1 aromatic heterocycles. The van der Waals surface area contributed by atoms with E-state index in [1.807, 2.05) is 0 Å². The van der Waals surface area contributed by atoms with E-state index in [0.29, 0.717) is 17.0 Å². The molecular weight excluding hydrogens is 370 g/mol. The van der Waals surface area contributed by atoms with Crippen molar-refractivity contribution in [3.8, 4) is 11.5 Å². The van der Waals surface area contributed by atoms with E-state index in [2.05, 4.69) is 10.1 Å². The number of hydrogen-bond donors (Lipinski definition) is 2. The first-order valence-corrected chi connectivity index (χ1v) is 8.41. The molecule has 0 saturated heterocycles. The van der Waals surface area contributed by atoms with Crippen molar-refractivity contribution in [2.45, 2.75) is 19.7 Å². The second kappa shape index (κ2) is 8.90. The first kappa shape index (κ1) is 19.2. The smallest absolute Gasteiger partial charge is 0.387 e. The van der Waals surface area contributed by atoms with Crippen LogP contribution >= 0.6 is 0 Å². The average molecular weight is 388 g/mol. The number of para-hydroxylation sites is 1. The van der Waals surface area contributed by atoms with E-state index in [4.69, 9.17) is 4.42 Å². The minimum absolute atomic E-state index is 0.00496. The van der Waals surface area contributed by atoms with Crippen LogP contribution in [0.1, 0.15) is 11.3 Å². The second-order valence-electron chi connectivity index (χ2n) is 5.90. The molecule has 3 rings (SSSR count). The third-order valence-electron chi connectivity index (χ3n) is 3.90. The predicted octanol–water partition coefficient (Wildman–Crippen LogP) is 4.82. The highest BCUT2D eigenvalue weighted by atomic mass is 19.3. The van der Waals surface area contributed by atoms with Crippen LogP contribution in [-0.4, -0.2) is 22.6 Å². The Morgan fingerprint density at radius 1 is 1.07 bits per heavy atom. The maximum absolute atomic E-state index is 12.8. The maximum atomic E-state index is 12.8. The number of alkyl halides is 2. The zero-order valence-corrected chi connectivity index (χ0v) is 14.7. The number of phenols is 1. The lowest BCUT2D eigenvalue weighted by atomic mass is 10.2. The van der Waals surface area contributed by atoms with Crippen LogP contribution in [0.15, 0.2) is 71.3 Å². The molecule has 2 amide bonds. The lowest BCUT2D eigenvalue weighted by Gasteiger charge is -2.23. The number of carbonyl (C=O) groups is 1. The molecule has 0 spiro atoms. The van der Waals surface area contributed by atoms with Gasteiger partial charge in [0.25, 0.3) is 0 Å². The van der Waals surface area contributed by atoms with Crippen LogP contribution in [0, 0.1) is 0 Å². The van der Waals surface area contributed by atoms with Crippen molar-refractivity contribution in [2.24, 2.45) is 0 Å². The number of aromatic hydroxyl groups is 1. The van der Waals surface area contributed by atoms with Gasteiger partial charge in [-0.15, -0.1) is 0 Å². The van der Waals surface area contributed by atoms with Crippen molar-refractivity contribution in [2.75, 3.05) is 5.32 Å². The number of furan rings is 1. The number of rotatable bonds is 7. The molecule has 2 aromatic carbocycles. The van der Waals surface area contributed by atoms with Crippen molar-refractivity contribution >= 4 is 11.7 Å². The quantitative estimate of drug-likeness (QED) is 0.608. The van der Waals surface area contributed by atoms with Gasteiger partial charge in [0.15, 0.2) is 0 Å². The summed E-state index contributed by atoms with van der Waals surface area (Å²) in [4.78, 5) is 14.2. The van der Waals surface area contributed by atoms with E-state index in [9.17, 15) is 18.7 Å². The molecule has 0 aliphatic rings. The highest BCUT2D eigenvalue weighted by Crippen LogP contribution is 2.21. The number of halogens is 2. The Bertz CT molecular complexity index is 899. The third kappa shape index (κ3) is 5.23. The number of amides is 2. The fraction of sp³-hybridized carbons (Fsp3) is 0.150. The van der Waals surface area contributed by atoms with Gasteiger partial charge in [0.05, 0.1) is 19.4 Å².